The van der Waals surface area contributed by atoms with Crippen molar-refractivity contribution in [3.63, 3.8) is 0 Å². The predicted octanol–water partition coefficient (Wildman–Crippen LogP) is 0.992. The summed E-state index contributed by atoms with van der Waals surface area (Å²) in [5.74, 6) is 0.851. The van der Waals surface area contributed by atoms with Gasteiger partial charge in [-0.25, -0.2) is 0 Å². The molecule has 0 aromatic rings. The lowest BCUT2D eigenvalue weighted by molar-refractivity contribution is 0.257. The average Bonchev–Trinajstić information content (AvgIpc) is 2.90. The van der Waals surface area contributed by atoms with Crippen molar-refractivity contribution in [2.45, 2.75) is 38.1 Å². The Hall–Kier alpha value is -0.570. The van der Waals surface area contributed by atoms with Crippen LogP contribution < -0.4 is 5.73 Å². The highest BCUT2D eigenvalue weighted by molar-refractivity contribution is 5.82. The minimum atomic E-state index is 0.574. The lowest BCUT2D eigenvalue weighted by Gasteiger charge is -2.25. The predicted molar refractivity (Wildman–Crippen MR) is 54.9 cm³/mol. The van der Waals surface area contributed by atoms with Crippen LogP contribution in [-0.4, -0.2) is 36.4 Å². The monoisotopic (exact) mass is 181 g/mol. The maximum Gasteiger partial charge on any atom is 0.108 e. The second-order valence-corrected chi connectivity index (χ2v) is 4.19. The number of likely N-dealkylation sites (tertiary alicyclic amines) is 1. The summed E-state index contributed by atoms with van der Waals surface area (Å²) >= 11 is 0. The average molecular weight is 181 g/mol. The molecule has 0 bridgehead atoms. The van der Waals surface area contributed by atoms with Gasteiger partial charge in [0.2, 0.25) is 0 Å². The summed E-state index contributed by atoms with van der Waals surface area (Å²) in [7, 11) is 0. The third kappa shape index (κ3) is 2.99. The fraction of sp³-hybridized carbons (Fsp3) is 0.900. The molecule has 2 fully saturated rings. The molecule has 0 aromatic heterocycles. The Kier molecular flexibility index (Phi) is 2.83. The highest BCUT2D eigenvalue weighted by atomic mass is 15.1. The van der Waals surface area contributed by atoms with E-state index in [9.17, 15) is 0 Å². The molecule has 1 saturated carbocycles. The summed E-state index contributed by atoms with van der Waals surface area (Å²) in [6, 6.07) is 0.574. The molecule has 74 valence electrons. The smallest absolute Gasteiger partial charge is 0.108 e. The van der Waals surface area contributed by atoms with E-state index < -0.39 is 0 Å². The number of nitrogens with zero attached hydrogens (tertiary/aromatic N) is 2. The van der Waals surface area contributed by atoms with E-state index >= 15 is 0 Å². The van der Waals surface area contributed by atoms with Gasteiger partial charge in [0.05, 0.1) is 12.6 Å². The van der Waals surface area contributed by atoms with E-state index in [1.54, 1.807) is 0 Å². The molecular formula is C10H19N3. The van der Waals surface area contributed by atoms with Crippen LogP contribution in [0, 0.1) is 0 Å². The Morgan fingerprint density at radius 1 is 1.23 bits per heavy atom. The molecule has 2 N–H and O–H groups in total. The molecule has 0 aromatic carbocycles. The van der Waals surface area contributed by atoms with E-state index in [0.717, 1.165) is 12.4 Å². The molecule has 1 heterocycles. The minimum Gasteiger partial charge on any atom is -0.386 e. The second-order valence-electron chi connectivity index (χ2n) is 4.19. The Morgan fingerprint density at radius 2 is 1.92 bits per heavy atom. The molecule has 2 rings (SSSR count). The standard InChI is InChI=1S/C10H19N3/c11-10(12-9-4-5-9)8-13-6-2-1-3-7-13/h9H,1-8H2,(H2,11,12). The third-order valence-corrected chi connectivity index (χ3v) is 2.73. The topological polar surface area (TPSA) is 41.6 Å². The van der Waals surface area contributed by atoms with Gasteiger partial charge in [-0.15, -0.1) is 0 Å². The van der Waals surface area contributed by atoms with Crippen molar-refractivity contribution in [3.05, 3.63) is 0 Å². The van der Waals surface area contributed by atoms with E-state index in [2.05, 4.69) is 9.89 Å². The third-order valence-electron chi connectivity index (χ3n) is 2.73. The summed E-state index contributed by atoms with van der Waals surface area (Å²) in [5, 5.41) is 0. The van der Waals surface area contributed by atoms with Crippen LogP contribution in [0.2, 0.25) is 0 Å². The first-order chi connectivity index (χ1) is 6.34. The van der Waals surface area contributed by atoms with Crippen LogP contribution in [0.3, 0.4) is 0 Å². The van der Waals surface area contributed by atoms with Crippen molar-refractivity contribution in [2.24, 2.45) is 10.7 Å². The van der Waals surface area contributed by atoms with Crippen molar-refractivity contribution in [2.75, 3.05) is 19.6 Å². The number of amidine groups is 1. The molecule has 1 aliphatic heterocycles. The minimum absolute atomic E-state index is 0.574. The lowest BCUT2D eigenvalue weighted by atomic mass is 10.1. The molecule has 1 aliphatic carbocycles. The molecule has 3 heteroatoms. The largest absolute Gasteiger partial charge is 0.386 e. The van der Waals surface area contributed by atoms with Crippen LogP contribution in [0.25, 0.3) is 0 Å². The van der Waals surface area contributed by atoms with Crippen LogP contribution in [0.5, 0.6) is 0 Å². The molecule has 1 saturated heterocycles. The fourth-order valence-electron chi connectivity index (χ4n) is 1.83. The van der Waals surface area contributed by atoms with Crippen molar-refractivity contribution >= 4 is 5.84 Å². The van der Waals surface area contributed by atoms with E-state index in [1.165, 1.54) is 45.2 Å². The normalized spacial score (nSPS) is 26.3. The van der Waals surface area contributed by atoms with E-state index in [4.69, 9.17) is 5.73 Å². The fourth-order valence-corrected chi connectivity index (χ4v) is 1.83. The van der Waals surface area contributed by atoms with Crippen LogP contribution in [0.15, 0.2) is 4.99 Å². The molecule has 13 heavy (non-hydrogen) atoms. The molecule has 0 atom stereocenters. The molecular weight excluding hydrogens is 162 g/mol. The van der Waals surface area contributed by atoms with Gasteiger partial charge in [0.1, 0.15) is 5.84 Å². The van der Waals surface area contributed by atoms with Gasteiger partial charge in [-0.2, -0.15) is 0 Å². The quantitative estimate of drug-likeness (QED) is 0.521. The number of hydrogen-bond acceptors (Lipinski definition) is 2. The Bertz CT molecular complexity index is 190. The van der Waals surface area contributed by atoms with Gasteiger partial charge < -0.3 is 5.73 Å². The second kappa shape index (κ2) is 4.09. The number of rotatable bonds is 3. The summed E-state index contributed by atoms with van der Waals surface area (Å²) in [4.78, 5) is 6.86. The van der Waals surface area contributed by atoms with Gasteiger partial charge in [-0.1, -0.05) is 6.42 Å². The van der Waals surface area contributed by atoms with Gasteiger partial charge in [0.25, 0.3) is 0 Å². The number of aliphatic imine (C=N–C) groups is 1. The zero-order chi connectivity index (χ0) is 9.10. The molecule has 0 spiro atoms. The Labute approximate surface area is 80.0 Å². The Morgan fingerprint density at radius 3 is 2.54 bits per heavy atom. The van der Waals surface area contributed by atoms with Crippen LogP contribution in [-0.2, 0) is 0 Å². The number of piperidine rings is 1. The number of nitrogens with two attached hydrogens (primary N) is 1. The lowest BCUT2D eigenvalue weighted by Crippen LogP contribution is -2.37. The molecule has 0 radical (unpaired) electrons. The molecule has 3 nitrogen and oxygen atoms in total. The highest BCUT2D eigenvalue weighted by Crippen LogP contribution is 2.23. The first kappa shape index (κ1) is 9.00. The SMILES string of the molecule is NC(CN1CCCCC1)=NC1CC1. The van der Waals surface area contributed by atoms with Crippen molar-refractivity contribution in [1.82, 2.24) is 4.90 Å². The van der Waals surface area contributed by atoms with Crippen molar-refractivity contribution in [3.8, 4) is 0 Å². The van der Waals surface area contributed by atoms with Crippen LogP contribution >= 0.6 is 0 Å². The van der Waals surface area contributed by atoms with E-state index in [0.29, 0.717) is 6.04 Å². The van der Waals surface area contributed by atoms with Gasteiger partial charge in [0, 0.05) is 0 Å². The zero-order valence-corrected chi connectivity index (χ0v) is 8.21. The maximum absolute atomic E-state index is 5.85. The van der Waals surface area contributed by atoms with E-state index in [-0.39, 0.29) is 0 Å². The molecule has 0 amide bonds. The first-order valence-electron chi connectivity index (χ1n) is 5.39. The van der Waals surface area contributed by atoms with Gasteiger partial charge in [-0.05, 0) is 38.8 Å². The summed E-state index contributed by atoms with van der Waals surface area (Å²) in [6.07, 6.45) is 6.55. The van der Waals surface area contributed by atoms with Crippen LogP contribution in [0.1, 0.15) is 32.1 Å². The van der Waals surface area contributed by atoms with Gasteiger partial charge in [0.15, 0.2) is 0 Å². The van der Waals surface area contributed by atoms with Crippen LogP contribution in [0.4, 0.5) is 0 Å². The summed E-state index contributed by atoms with van der Waals surface area (Å²) in [5.41, 5.74) is 5.85. The molecule has 2 aliphatic rings. The first-order valence-corrected chi connectivity index (χ1v) is 5.39. The summed E-state index contributed by atoms with van der Waals surface area (Å²) < 4.78 is 0. The highest BCUT2D eigenvalue weighted by Gasteiger charge is 2.21. The Balaban J connectivity index is 1.74. The van der Waals surface area contributed by atoms with Crippen molar-refractivity contribution < 1.29 is 0 Å². The van der Waals surface area contributed by atoms with Gasteiger partial charge in [-0.3, -0.25) is 9.89 Å². The van der Waals surface area contributed by atoms with Gasteiger partial charge >= 0.3 is 0 Å². The summed E-state index contributed by atoms with van der Waals surface area (Å²) in [6.45, 7) is 3.32. The van der Waals surface area contributed by atoms with E-state index in [1.807, 2.05) is 0 Å². The maximum atomic E-state index is 5.85. The molecule has 0 unspecified atom stereocenters. The number of hydrogen-bond donors (Lipinski definition) is 1. The zero-order valence-electron chi connectivity index (χ0n) is 8.21. The van der Waals surface area contributed by atoms with Crippen molar-refractivity contribution in [1.29, 1.82) is 0 Å².